The van der Waals surface area contributed by atoms with E-state index in [2.05, 4.69) is 4.98 Å². The highest BCUT2D eigenvalue weighted by Crippen LogP contribution is 2.25. The Kier molecular flexibility index (Phi) is 5.87. The monoisotopic (exact) mass is 332 g/mol. The van der Waals surface area contributed by atoms with E-state index in [4.69, 9.17) is 0 Å². The second-order valence-corrected chi connectivity index (χ2v) is 6.13. The Labute approximate surface area is 139 Å². The van der Waals surface area contributed by atoms with Gasteiger partial charge in [0.1, 0.15) is 5.01 Å². The van der Waals surface area contributed by atoms with Gasteiger partial charge < -0.3 is 10.0 Å². The molecule has 0 saturated heterocycles. The molecule has 0 aliphatic rings. The number of amides is 1. The number of nitrogens with zero attached hydrogens (tertiary/aromatic N) is 2. The van der Waals surface area contributed by atoms with Gasteiger partial charge in [0, 0.05) is 35.8 Å². The number of carboxylic acids is 1. The zero-order valence-electron chi connectivity index (χ0n) is 13.3. The van der Waals surface area contributed by atoms with E-state index in [1.807, 2.05) is 19.2 Å². The molecule has 122 valence electrons. The Hall–Kier alpha value is -2.21. The molecular formula is C17H20N2O3S. The van der Waals surface area contributed by atoms with Crippen LogP contribution in [0.4, 0.5) is 0 Å². The van der Waals surface area contributed by atoms with Crippen molar-refractivity contribution in [2.75, 3.05) is 13.1 Å². The van der Waals surface area contributed by atoms with Crippen molar-refractivity contribution < 1.29 is 14.7 Å². The van der Waals surface area contributed by atoms with Gasteiger partial charge in [-0.2, -0.15) is 0 Å². The molecule has 1 N–H and O–H groups in total. The molecule has 0 bridgehead atoms. The summed E-state index contributed by atoms with van der Waals surface area (Å²) in [6.07, 6.45) is 3.39. The molecule has 0 aliphatic heterocycles. The Morgan fingerprint density at radius 1 is 1.13 bits per heavy atom. The van der Waals surface area contributed by atoms with Crippen LogP contribution in [0.15, 0.2) is 29.8 Å². The Morgan fingerprint density at radius 2 is 1.78 bits per heavy atom. The summed E-state index contributed by atoms with van der Waals surface area (Å²) in [5, 5.41) is 11.8. The molecular weight excluding hydrogens is 312 g/mol. The van der Waals surface area contributed by atoms with Crippen LogP contribution in [0.1, 0.15) is 47.4 Å². The third-order valence-corrected chi connectivity index (χ3v) is 4.20. The maximum Gasteiger partial charge on any atom is 0.335 e. The predicted molar refractivity (Wildman–Crippen MR) is 91.0 cm³/mol. The van der Waals surface area contributed by atoms with Crippen LogP contribution in [0.3, 0.4) is 0 Å². The van der Waals surface area contributed by atoms with Crippen molar-refractivity contribution in [2.45, 2.75) is 26.7 Å². The van der Waals surface area contributed by atoms with Gasteiger partial charge in [-0.25, -0.2) is 9.78 Å². The number of carbonyl (C=O) groups excluding carboxylic acids is 1. The van der Waals surface area contributed by atoms with Crippen molar-refractivity contribution in [3.8, 4) is 10.6 Å². The van der Waals surface area contributed by atoms with Crippen LogP contribution < -0.4 is 0 Å². The molecule has 0 atom stereocenters. The molecule has 1 aromatic carbocycles. The zero-order chi connectivity index (χ0) is 16.8. The Balaban J connectivity index is 2.44. The summed E-state index contributed by atoms with van der Waals surface area (Å²) >= 11 is 1.42. The summed E-state index contributed by atoms with van der Waals surface area (Å²) in [7, 11) is 0. The maximum absolute atomic E-state index is 12.7. The van der Waals surface area contributed by atoms with Crippen LogP contribution in [0.5, 0.6) is 0 Å². The van der Waals surface area contributed by atoms with Crippen LogP contribution >= 0.6 is 11.3 Å². The second kappa shape index (κ2) is 7.87. The molecule has 0 unspecified atom stereocenters. The number of rotatable bonds is 7. The van der Waals surface area contributed by atoms with Gasteiger partial charge in [-0.3, -0.25) is 4.79 Å². The van der Waals surface area contributed by atoms with E-state index in [0.717, 1.165) is 12.8 Å². The van der Waals surface area contributed by atoms with Crippen molar-refractivity contribution in [3.05, 3.63) is 40.9 Å². The number of hydrogen-bond acceptors (Lipinski definition) is 4. The summed E-state index contributed by atoms with van der Waals surface area (Å²) in [6.45, 7) is 5.36. The number of aromatic nitrogens is 1. The smallest absolute Gasteiger partial charge is 0.335 e. The Morgan fingerprint density at radius 3 is 2.30 bits per heavy atom. The van der Waals surface area contributed by atoms with Gasteiger partial charge in [0.25, 0.3) is 5.91 Å². The van der Waals surface area contributed by atoms with Crippen LogP contribution in [0.2, 0.25) is 0 Å². The molecule has 2 rings (SSSR count). The fourth-order valence-electron chi connectivity index (χ4n) is 2.40. The van der Waals surface area contributed by atoms with Crippen molar-refractivity contribution >= 4 is 23.2 Å². The van der Waals surface area contributed by atoms with Crippen molar-refractivity contribution in [1.29, 1.82) is 0 Å². The normalized spacial score (nSPS) is 10.5. The molecule has 2 aromatic rings. The SMILES string of the molecule is CCCN(CCC)C(=O)c1cc(C(=O)O)cc(-c2nccs2)c1. The van der Waals surface area contributed by atoms with Gasteiger partial charge in [0.15, 0.2) is 0 Å². The van der Waals surface area contributed by atoms with Crippen LogP contribution in [0, 0.1) is 0 Å². The van der Waals surface area contributed by atoms with Gasteiger partial charge >= 0.3 is 5.97 Å². The minimum absolute atomic E-state index is 0.106. The highest BCUT2D eigenvalue weighted by atomic mass is 32.1. The molecule has 0 fully saturated rings. The van der Waals surface area contributed by atoms with E-state index in [9.17, 15) is 14.7 Å². The lowest BCUT2D eigenvalue weighted by atomic mass is 10.0. The van der Waals surface area contributed by atoms with E-state index in [1.165, 1.54) is 17.4 Å². The molecule has 1 heterocycles. The molecule has 23 heavy (non-hydrogen) atoms. The number of carbonyl (C=O) groups is 2. The molecule has 0 radical (unpaired) electrons. The van der Waals surface area contributed by atoms with Crippen LogP contribution in [-0.4, -0.2) is 40.0 Å². The summed E-state index contributed by atoms with van der Waals surface area (Å²) in [6, 6.07) is 4.73. The fraction of sp³-hybridized carbons (Fsp3) is 0.353. The zero-order valence-corrected chi connectivity index (χ0v) is 14.1. The van der Waals surface area contributed by atoms with E-state index in [0.29, 0.717) is 29.2 Å². The quantitative estimate of drug-likeness (QED) is 0.838. The van der Waals surface area contributed by atoms with E-state index < -0.39 is 5.97 Å². The summed E-state index contributed by atoms with van der Waals surface area (Å²) in [5.41, 5.74) is 1.17. The van der Waals surface area contributed by atoms with Gasteiger partial charge in [-0.15, -0.1) is 11.3 Å². The topological polar surface area (TPSA) is 70.5 Å². The van der Waals surface area contributed by atoms with Gasteiger partial charge in [0.05, 0.1) is 5.56 Å². The molecule has 5 nitrogen and oxygen atoms in total. The lowest BCUT2D eigenvalue weighted by molar-refractivity contribution is 0.0697. The minimum atomic E-state index is -1.05. The van der Waals surface area contributed by atoms with E-state index in [-0.39, 0.29) is 11.5 Å². The lowest BCUT2D eigenvalue weighted by Gasteiger charge is -2.22. The van der Waals surface area contributed by atoms with Crippen molar-refractivity contribution in [1.82, 2.24) is 9.88 Å². The molecule has 0 spiro atoms. The standard InChI is InChI=1S/C17H20N2O3S/c1-3-6-19(7-4-2)16(20)13-9-12(15-18-5-8-23-15)10-14(11-13)17(21)22/h5,8-11H,3-4,6-7H2,1-2H3,(H,21,22). The van der Waals surface area contributed by atoms with Crippen molar-refractivity contribution in [3.63, 3.8) is 0 Å². The summed E-state index contributed by atoms with van der Waals surface area (Å²) in [4.78, 5) is 30.1. The number of carboxylic acid groups (broad SMARTS) is 1. The molecule has 0 saturated carbocycles. The van der Waals surface area contributed by atoms with Gasteiger partial charge in [0.2, 0.25) is 0 Å². The first kappa shape index (κ1) is 17.1. The molecule has 6 heteroatoms. The third kappa shape index (κ3) is 4.16. The highest BCUT2D eigenvalue weighted by molar-refractivity contribution is 7.13. The average molecular weight is 332 g/mol. The maximum atomic E-state index is 12.7. The largest absolute Gasteiger partial charge is 0.478 e. The van der Waals surface area contributed by atoms with Gasteiger partial charge in [-0.05, 0) is 31.0 Å². The fourth-order valence-corrected chi connectivity index (χ4v) is 3.03. The number of benzene rings is 1. The molecule has 1 amide bonds. The van der Waals surface area contributed by atoms with E-state index >= 15 is 0 Å². The number of aromatic carboxylic acids is 1. The first-order chi connectivity index (χ1) is 11.1. The number of thiazole rings is 1. The minimum Gasteiger partial charge on any atom is -0.478 e. The summed E-state index contributed by atoms with van der Waals surface area (Å²) < 4.78 is 0. The molecule has 0 aliphatic carbocycles. The van der Waals surface area contributed by atoms with Crippen LogP contribution in [0.25, 0.3) is 10.6 Å². The van der Waals surface area contributed by atoms with Crippen molar-refractivity contribution in [2.24, 2.45) is 0 Å². The van der Waals surface area contributed by atoms with E-state index in [1.54, 1.807) is 23.2 Å². The third-order valence-electron chi connectivity index (χ3n) is 3.38. The van der Waals surface area contributed by atoms with Gasteiger partial charge in [-0.1, -0.05) is 13.8 Å². The number of hydrogen-bond donors (Lipinski definition) is 1. The first-order valence-electron chi connectivity index (χ1n) is 7.64. The predicted octanol–water partition coefficient (Wildman–Crippen LogP) is 3.77. The second-order valence-electron chi connectivity index (χ2n) is 5.23. The summed E-state index contributed by atoms with van der Waals surface area (Å²) in [5.74, 6) is -1.18. The highest BCUT2D eigenvalue weighted by Gasteiger charge is 2.18. The first-order valence-corrected chi connectivity index (χ1v) is 8.52. The Bertz CT molecular complexity index is 677. The van der Waals surface area contributed by atoms with Crippen LogP contribution in [-0.2, 0) is 0 Å². The molecule has 1 aromatic heterocycles. The average Bonchev–Trinajstić information content (AvgIpc) is 3.08. The lowest BCUT2D eigenvalue weighted by Crippen LogP contribution is -2.32.